The summed E-state index contributed by atoms with van der Waals surface area (Å²) in [6.07, 6.45) is 0.172. The number of phenolic OH excluding ortho intramolecular Hbond substituents is 1. The maximum atomic E-state index is 9.50. The number of phenols is 1. The second-order valence-corrected chi connectivity index (χ2v) is 5.88. The molecule has 0 aliphatic carbocycles. The molecule has 17 heavy (non-hydrogen) atoms. The van der Waals surface area contributed by atoms with Gasteiger partial charge >= 0.3 is 0 Å². The number of nitrogens with zero attached hydrogens (tertiary/aromatic N) is 1. The van der Waals surface area contributed by atoms with Gasteiger partial charge in [0.15, 0.2) is 0 Å². The lowest BCUT2D eigenvalue weighted by Crippen LogP contribution is -2.37. The molecule has 0 amide bonds. The van der Waals surface area contributed by atoms with E-state index in [1.54, 1.807) is 12.1 Å². The Bertz CT molecular complexity index is 397. The van der Waals surface area contributed by atoms with E-state index in [2.05, 4.69) is 32.7 Å². The summed E-state index contributed by atoms with van der Waals surface area (Å²) in [7, 11) is 2.08. The van der Waals surface area contributed by atoms with Crippen molar-refractivity contribution in [2.24, 2.45) is 5.41 Å². The third-order valence-electron chi connectivity index (χ3n) is 3.13. The Morgan fingerprint density at radius 1 is 1.35 bits per heavy atom. The van der Waals surface area contributed by atoms with E-state index in [4.69, 9.17) is 4.74 Å². The maximum absolute atomic E-state index is 9.50. The summed E-state index contributed by atoms with van der Waals surface area (Å²) in [5.41, 5.74) is 1.14. The summed E-state index contributed by atoms with van der Waals surface area (Å²) in [4.78, 5) is 2.23. The van der Waals surface area contributed by atoms with E-state index in [9.17, 15) is 5.11 Å². The molecule has 1 aliphatic heterocycles. The minimum absolute atomic E-state index is 0.0522. The van der Waals surface area contributed by atoms with Gasteiger partial charge in [0, 0.05) is 12.0 Å². The summed E-state index contributed by atoms with van der Waals surface area (Å²) < 4.78 is 6.09. The van der Waals surface area contributed by atoms with Gasteiger partial charge in [0.1, 0.15) is 12.0 Å². The van der Waals surface area contributed by atoms with Crippen LogP contribution >= 0.6 is 0 Å². The molecule has 1 aromatic carbocycles. The highest BCUT2D eigenvalue weighted by Crippen LogP contribution is 2.36. The molecular formula is C14H21NO2. The fraction of sp³-hybridized carbons (Fsp3) is 0.571. The van der Waals surface area contributed by atoms with Crippen LogP contribution in [0.5, 0.6) is 5.75 Å². The van der Waals surface area contributed by atoms with Gasteiger partial charge in [0.25, 0.3) is 0 Å². The van der Waals surface area contributed by atoms with Gasteiger partial charge in [0.05, 0.1) is 6.10 Å². The minimum atomic E-state index is 0.0522. The first kappa shape index (κ1) is 12.4. The Labute approximate surface area is 103 Å². The number of ether oxygens (including phenoxy) is 1. The van der Waals surface area contributed by atoms with Crippen molar-refractivity contribution in [2.45, 2.75) is 33.1 Å². The summed E-state index contributed by atoms with van der Waals surface area (Å²) >= 11 is 0. The van der Waals surface area contributed by atoms with Gasteiger partial charge in [-0.25, -0.2) is 0 Å². The lowest BCUT2D eigenvalue weighted by atomic mass is 9.94. The van der Waals surface area contributed by atoms with Crippen molar-refractivity contribution in [1.82, 2.24) is 4.90 Å². The van der Waals surface area contributed by atoms with Crippen LogP contribution in [-0.2, 0) is 4.74 Å². The molecule has 0 aromatic heterocycles. The van der Waals surface area contributed by atoms with E-state index >= 15 is 0 Å². The number of aromatic hydroxyl groups is 1. The summed E-state index contributed by atoms with van der Waals surface area (Å²) in [5, 5.41) is 9.50. The zero-order chi connectivity index (χ0) is 12.6. The molecule has 3 nitrogen and oxygen atoms in total. The Hall–Kier alpha value is -1.06. The first-order valence-corrected chi connectivity index (χ1v) is 6.02. The molecule has 1 saturated heterocycles. The molecule has 1 N–H and O–H groups in total. The van der Waals surface area contributed by atoms with Crippen LogP contribution in [0.25, 0.3) is 0 Å². The average Bonchev–Trinajstić information content (AvgIpc) is 2.60. The van der Waals surface area contributed by atoms with E-state index in [1.807, 2.05) is 12.1 Å². The lowest BCUT2D eigenvalue weighted by molar-refractivity contribution is -0.0620. The number of benzene rings is 1. The molecule has 1 heterocycles. The number of rotatable bonds is 1. The summed E-state index contributed by atoms with van der Waals surface area (Å²) in [6.45, 7) is 7.41. The van der Waals surface area contributed by atoms with Crippen LogP contribution < -0.4 is 0 Å². The van der Waals surface area contributed by atoms with Crippen molar-refractivity contribution in [3.8, 4) is 5.75 Å². The van der Waals surface area contributed by atoms with Gasteiger partial charge in [0.2, 0.25) is 0 Å². The Morgan fingerprint density at radius 2 is 2.06 bits per heavy atom. The smallest absolute Gasteiger partial charge is 0.116 e. The van der Waals surface area contributed by atoms with Crippen LogP contribution in [0.2, 0.25) is 0 Å². The van der Waals surface area contributed by atoms with Crippen LogP contribution in [0.3, 0.4) is 0 Å². The lowest BCUT2D eigenvalue weighted by Gasteiger charge is -2.31. The molecule has 0 spiro atoms. The zero-order valence-electron chi connectivity index (χ0n) is 11.0. The monoisotopic (exact) mass is 235 g/mol. The van der Waals surface area contributed by atoms with E-state index in [0.29, 0.717) is 5.75 Å². The van der Waals surface area contributed by atoms with Crippen molar-refractivity contribution in [3.05, 3.63) is 29.8 Å². The second-order valence-electron chi connectivity index (χ2n) is 5.88. The van der Waals surface area contributed by atoms with Crippen LogP contribution in [-0.4, -0.2) is 29.8 Å². The highest BCUT2D eigenvalue weighted by atomic mass is 16.5. The molecule has 1 aromatic rings. The highest BCUT2D eigenvalue weighted by Gasteiger charge is 2.38. The third-order valence-corrected chi connectivity index (χ3v) is 3.13. The van der Waals surface area contributed by atoms with Crippen molar-refractivity contribution >= 4 is 0 Å². The Morgan fingerprint density at radius 3 is 2.59 bits per heavy atom. The van der Waals surface area contributed by atoms with Gasteiger partial charge < -0.3 is 9.84 Å². The standard InChI is InChI=1S/C14H21NO2/c1-14(2,3)13-15(4)9-12(17-13)10-6-5-7-11(16)8-10/h5-8,12-13,16H,9H2,1-4H3/t12-,13+/m0/s1. The van der Waals surface area contributed by atoms with E-state index in [-0.39, 0.29) is 17.7 Å². The van der Waals surface area contributed by atoms with Crippen molar-refractivity contribution in [2.75, 3.05) is 13.6 Å². The summed E-state index contributed by atoms with van der Waals surface area (Å²) in [6, 6.07) is 7.33. The third kappa shape index (κ3) is 2.61. The molecule has 94 valence electrons. The van der Waals surface area contributed by atoms with E-state index in [0.717, 1.165) is 12.1 Å². The first-order valence-electron chi connectivity index (χ1n) is 6.02. The molecule has 2 rings (SSSR count). The normalized spacial score (nSPS) is 26.4. The quantitative estimate of drug-likeness (QED) is 0.812. The zero-order valence-corrected chi connectivity index (χ0v) is 11.0. The SMILES string of the molecule is CN1C[C@@H](c2cccc(O)c2)O[C@@H]1C(C)(C)C. The predicted octanol–water partition coefficient (Wildman–Crippen LogP) is 2.77. The summed E-state index contributed by atoms with van der Waals surface area (Å²) in [5.74, 6) is 0.299. The van der Waals surface area contributed by atoms with Gasteiger partial charge in [-0.3, -0.25) is 4.90 Å². The van der Waals surface area contributed by atoms with Gasteiger partial charge in [-0.1, -0.05) is 32.9 Å². The van der Waals surface area contributed by atoms with Gasteiger partial charge in [-0.2, -0.15) is 0 Å². The maximum Gasteiger partial charge on any atom is 0.116 e. The number of hydrogen-bond acceptors (Lipinski definition) is 3. The van der Waals surface area contributed by atoms with Gasteiger partial charge in [-0.05, 0) is 24.7 Å². The molecule has 0 bridgehead atoms. The van der Waals surface area contributed by atoms with E-state index < -0.39 is 0 Å². The first-order chi connectivity index (χ1) is 7.88. The second kappa shape index (κ2) is 4.31. The van der Waals surface area contributed by atoms with Crippen molar-refractivity contribution < 1.29 is 9.84 Å². The molecule has 1 aliphatic rings. The minimum Gasteiger partial charge on any atom is -0.508 e. The van der Waals surface area contributed by atoms with E-state index in [1.165, 1.54) is 0 Å². The molecule has 0 saturated carbocycles. The fourth-order valence-corrected chi connectivity index (χ4v) is 2.43. The van der Waals surface area contributed by atoms with Gasteiger partial charge in [-0.15, -0.1) is 0 Å². The molecule has 2 atom stereocenters. The van der Waals surface area contributed by atoms with Crippen molar-refractivity contribution in [3.63, 3.8) is 0 Å². The van der Waals surface area contributed by atoms with Crippen molar-refractivity contribution in [1.29, 1.82) is 0 Å². The topological polar surface area (TPSA) is 32.7 Å². The van der Waals surface area contributed by atoms with Crippen LogP contribution in [0, 0.1) is 5.41 Å². The Kier molecular flexibility index (Phi) is 3.15. The van der Waals surface area contributed by atoms with Crippen LogP contribution in [0.4, 0.5) is 0 Å². The molecule has 1 fully saturated rings. The Balaban J connectivity index is 2.17. The fourth-order valence-electron chi connectivity index (χ4n) is 2.43. The molecule has 0 unspecified atom stereocenters. The molecule has 0 radical (unpaired) electrons. The molecular weight excluding hydrogens is 214 g/mol. The van der Waals surface area contributed by atoms with Crippen LogP contribution in [0.1, 0.15) is 32.4 Å². The predicted molar refractivity (Wildman–Crippen MR) is 67.8 cm³/mol. The highest BCUT2D eigenvalue weighted by molar-refractivity contribution is 5.29. The average molecular weight is 235 g/mol. The number of likely N-dealkylation sites (N-methyl/N-ethyl adjacent to an activating group) is 1. The van der Waals surface area contributed by atoms with Crippen LogP contribution in [0.15, 0.2) is 24.3 Å². The molecule has 3 heteroatoms. The number of hydrogen-bond donors (Lipinski definition) is 1. The largest absolute Gasteiger partial charge is 0.508 e.